The van der Waals surface area contributed by atoms with Crippen molar-refractivity contribution in [2.75, 3.05) is 0 Å². The molecule has 0 spiro atoms. The second kappa shape index (κ2) is 4.70. The van der Waals surface area contributed by atoms with Crippen LogP contribution in [0, 0.1) is 0 Å². The Morgan fingerprint density at radius 3 is 2.64 bits per heavy atom. The zero-order chi connectivity index (χ0) is 10.7. The highest BCUT2D eigenvalue weighted by Crippen LogP contribution is 2.26. The highest BCUT2D eigenvalue weighted by atomic mass is 35.5. The van der Waals surface area contributed by atoms with Crippen LogP contribution in [0.15, 0.2) is 12.1 Å². The highest BCUT2D eigenvalue weighted by Gasteiger charge is 2.18. The Kier molecular flexibility index (Phi) is 3.83. The van der Waals surface area contributed by atoms with Gasteiger partial charge >= 0.3 is 6.43 Å². The molecule has 6 heteroatoms. The average Bonchev–Trinajstić information content (AvgIpc) is 2.51. The molecule has 0 saturated heterocycles. The Hall–Kier alpha value is -0.680. The summed E-state index contributed by atoms with van der Waals surface area (Å²) in [5.74, 6) is -1.26. The average molecular weight is 240 g/mol. The Balaban J connectivity index is 2.59. The van der Waals surface area contributed by atoms with Gasteiger partial charge in [-0.2, -0.15) is 8.78 Å². The van der Waals surface area contributed by atoms with E-state index in [2.05, 4.69) is 5.32 Å². The van der Waals surface area contributed by atoms with E-state index in [1.54, 1.807) is 19.1 Å². The summed E-state index contributed by atoms with van der Waals surface area (Å²) in [6.07, 6.45) is -2.98. The number of hydrogen-bond donors (Lipinski definition) is 1. The molecule has 78 valence electrons. The van der Waals surface area contributed by atoms with E-state index in [9.17, 15) is 13.6 Å². The minimum Gasteiger partial charge on any atom is -0.344 e. The Morgan fingerprint density at radius 1 is 1.57 bits per heavy atom. The molecule has 2 nitrogen and oxygen atoms in total. The van der Waals surface area contributed by atoms with Crippen LogP contribution >= 0.6 is 22.9 Å². The topological polar surface area (TPSA) is 29.1 Å². The molecule has 1 rings (SSSR count). The minimum atomic E-state index is -2.98. The smallest absolute Gasteiger partial charge is 0.315 e. The number of rotatable bonds is 3. The normalized spacial score (nSPS) is 12.9. The maximum Gasteiger partial charge on any atom is 0.315 e. The van der Waals surface area contributed by atoms with Crippen LogP contribution in [0.5, 0.6) is 0 Å². The third-order valence-corrected chi connectivity index (χ3v) is 2.99. The van der Waals surface area contributed by atoms with Crippen molar-refractivity contribution in [3.63, 3.8) is 0 Å². The van der Waals surface area contributed by atoms with Crippen molar-refractivity contribution >= 4 is 28.8 Å². The first-order valence-electron chi connectivity index (χ1n) is 3.84. The molecule has 0 aromatic carbocycles. The second-order valence-electron chi connectivity index (χ2n) is 2.67. The summed E-state index contributed by atoms with van der Waals surface area (Å²) in [7, 11) is 0. The van der Waals surface area contributed by atoms with Gasteiger partial charge in [-0.15, -0.1) is 11.3 Å². The van der Waals surface area contributed by atoms with Crippen LogP contribution in [0.3, 0.4) is 0 Å². The summed E-state index contributed by atoms with van der Waals surface area (Å²) in [6.45, 7) is 1.63. The van der Waals surface area contributed by atoms with Crippen LogP contribution in [-0.2, 0) is 4.79 Å². The van der Waals surface area contributed by atoms with E-state index in [1.807, 2.05) is 0 Å². The number of thiophene rings is 1. The van der Waals surface area contributed by atoms with Gasteiger partial charge in [0.15, 0.2) is 0 Å². The zero-order valence-electron chi connectivity index (χ0n) is 7.26. The van der Waals surface area contributed by atoms with Gasteiger partial charge in [0.1, 0.15) is 0 Å². The van der Waals surface area contributed by atoms with Gasteiger partial charge in [-0.1, -0.05) is 11.6 Å². The fourth-order valence-electron chi connectivity index (χ4n) is 0.909. The molecule has 1 aromatic rings. The van der Waals surface area contributed by atoms with E-state index in [0.717, 1.165) is 4.88 Å². The molecule has 1 amide bonds. The summed E-state index contributed by atoms with van der Waals surface area (Å²) in [5.41, 5.74) is 0. The molecule has 0 fully saturated rings. The molecule has 0 radical (unpaired) electrons. The summed E-state index contributed by atoms with van der Waals surface area (Å²) in [5, 5.41) is 2.17. The molecule has 0 saturated carbocycles. The van der Waals surface area contributed by atoms with Gasteiger partial charge in [-0.3, -0.25) is 4.79 Å². The second-order valence-corrected chi connectivity index (χ2v) is 4.42. The van der Waals surface area contributed by atoms with E-state index < -0.39 is 18.4 Å². The van der Waals surface area contributed by atoms with Gasteiger partial charge in [0, 0.05) is 4.88 Å². The molecular formula is C8H8ClF2NOS. The molecule has 1 aromatic heterocycles. The molecule has 0 aliphatic rings. The lowest BCUT2D eigenvalue weighted by molar-refractivity contribution is -0.132. The fourth-order valence-corrected chi connectivity index (χ4v) is 1.97. The first-order valence-corrected chi connectivity index (χ1v) is 5.04. The van der Waals surface area contributed by atoms with Gasteiger partial charge in [-0.25, -0.2) is 0 Å². The van der Waals surface area contributed by atoms with Crippen LogP contribution in [0.1, 0.15) is 17.8 Å². The highest BCUT2D eigenvalue weighted by molar-refractivity contribution is 7.16. The van der Waals surface area contributed by atoms with Crippen molar-refractivity contribution in [1.29, 1.82) is 0 Å². The monoisotopic (exact) mass is 239 g/mol. The van der Waals surface area contributed by atoms with Crippen molar-refractivity contribution in [2.45, 2.75) is 19.4 Å². The lowest BCUT2D eigenvalue weighted by Gasteiger charge is -2.10. The SMILES string of the molecule is CC(NC(=O)C(F)F)c1ccc(Cl)s1. The zero-order valence-corrected chi connectivity index (χ0v) is 8.83. The summed E-state index contributed by atoms with van der Waals surface area (Å²) in [4.78, 5) is 11.4. The van der Waals surface area contributed by atoms with E-state index in [0.29, 0.717) is 4.34 Å². The number of carbonyl (C=O) groups is 1. The number of halogens is 3. The third kappa shape index (κ3) is 2.92. The maximum atomic E-state index is 11.9. The van der Waals surface area contributed by atoms with Gasteiger partial charge in [-0.05, 0) is 19.1 Å². The Labute approximate surface area is 88.9 Å². The molecule has 0 aliphatic heterocycles. The Morgan fingerprint density at radius 2 is 2.21 bits per heavy atom. The quantitative estimate of drug-likeness (QED) is 0.864. The first kappa shape index (κ1) is 11.4. The van der Waals surface area contributed by atoms with E-state index in [4.69, 9.17) is 11.6 Å². The van der Waals surface area contributed by atoms with Crippen LogP contribution in [0.4, 0.5) is 8.78 Å². The molecule has 14 heavy (non-hydrogen) atoms. The van der Waals surface area contributed by atoms with Crippen LogP contribution in [-0.4, -0.2) is 12.3 Å². The summed E-state index contributed by atoms with van der Waals surface area (Å²) < 4.78 is 24.3. The van der Waals surface area contributed by atoms with Crippen molar-refractivity contribution in [3.05, 3.63) is 21.3 Å². The molecule has 1 unspecified atom stereocenters. The van der Waals surface area contributed by atoms with Gasteiger partial charge in [0.2, 0.25) is 0 Å². The summed E-state index contributed by atoms with van der Waals surface area (Å²) >= 11 is 6.92. The van der Waals surface area contributed by atoms with E-state index in [1.165, 1.54) is 11.3 Å². The minimum absolute atomic E-state index is 0.436. The first-order chi connectivity index (χ1) is 6.50. The van der Waals surface area contributed by atoms with Crippen molar-refractivity contribution in [3.8, 4) is 0 Å². The standard InChI is InChI=1S/C8H8ClF2NOS/c1-4(12-8(13)7(10)11)5-2-3-6(9)14-5/h2-4,7H,1H3,(H,12,13). The molecule has 1 heterocycles. The number of alkyl halides is 2. The molecule has 1 atom stereocenters. The maximum absolute atomic E-state index is 11.9. The Bertz CT molecular complexity index is 329. The van der Waals surface area contributed by atoms with Crippen molar-refractivity contribution in [1.82, 2.24) is 5.32 Å². The van der Waals surface area contributed by atoms with Crippen molar-refractivity contribution < 1.29 is 13.6 Å². The fraction of sp³-hybridized carbons (Fsp3) is 0.375. The molecule has 0 bridgehead atoms. The lowest BCUT2D eigenvalue weighted by Crippen LogP contribution is -2.31. The third-order valence-electron chi connectivity index (χ3n) is 1.58. The van der Waals surface area contributed by atoms with Gasteiger partial charge < -0.3 is 5.32 Å². The number of amides is 1. The van der Waals surface area contributed by atoms with E-state index in [-0.39, 0.29) is 0 Å². The van der Waals surface area contributed by atoms with Crippen LogP contribution in [0.25, 0.3) is 0 Å². The lowest BCUT2D eigenvalue weighted by atomic mass is 10.3. The van der Waals surface area contributed by atoms with Gasteiger partial charge in [0.05, 0.1) is 10.4 Å². The predicted molar refractivity (Wildman–Crippen MR) is 51.9 cm³/mol. The van der Waals surface area contributed by atoms with Crippen molar-refractivity contribution in [2.24, 2.45) is 0 Å². The summed E-state index contributed by atoms with van der Waals surface area (Å²) in [6, 6.07) is 2.92. The number of hydrogen-bond acceptors (Lipinski definition) is 2. The van der Waals surface area contributed by atoms with E-state index >= 15 is 0 Å². The number of carbonyl (C=O) groups excluding carboxylic acids is 1. The molecule has 0 aliphatic carbocycles. The van der Waals surface area contributed by atoms with Gasteiger partial charge in [0.25, 0.3) is 5.91 Å². The van der Waals surface area contributed by atoms with Crippen LogP contribution < -0.4 is 5.32 Å². The number of nitrogens with one attached hydrogen (secondary N) is 1. The van der Waals surface area contributed by atoms with Crippen LogP contribution in [0.2, 0.25) is 4.34 Å². The molecular weight excluding hydrogens is 232 g/mol. The molecule has 1 N–H and O–H groups in total. The largest absolute Gasteiger partial charge is 0.344 e. The predicted octanol–water partition coefficient (Wildman–Crippen LogP) is 2.84.